The van der Waals surface area contributed by atoms with Gasteiger partial charge in [0.25, 0.3) is 5.91 Å². The van der Waals surface area contributed by atoms with Gasteiger partial charge >= 0.3 is 0 Å². The summed E-state index contributed by atoms with van der Waals surface area (Å²) in [4.78, 5) is 16.7. The quantitative estimate of drug-likeness (QED) is 0.473. The van der Waals surface area contributed by atoms with E-state index in [1.54, 1.807) is 27.7 Å². The Morgan fingerprint density at radius 2 is 1.93 bits per heavy atom. The molecule has 7 nitrogen and oxygen atoms in total. The Morgan fingerprint density at radius 1 is 1.10 bits per heavy atom. The lowest BCUT2D eigenvalue weighted by Crippen LogP contribution is -2.30. The highest BCUT2D eigenvalue weighted by Gasteiger charge is 2.34. The summed E-state index contributed by atoms with van der Waals surface area (Å²) >= 11 is 3.27. The maximum Gasteiger partial charge on any atom is 0.266 e. The molecule has 1 aliphatic rings. The molecule has 0 radical (unpaired) electrons. The largest absolute Gasteiger partial charge is 0.271 e. The average molecular weight is 435 g/mol. The van der Waals surface area contributed by atoms with Crippen molar-refractivity contribution in [3.63, 3.8) is 0 Å². The van der Waals surface area contributed by atoms with E-state index in [1.165, 1.54) is 4.80 Å². The molecule has 1 aliphatic heterocycles. The molecule has 0 spiro atoms. The number of hydrogen-bond acceptors (Lipinski definition) is 7. The van der Waals surface area contributed by atoms with Crippen molar-refractivity contribution >= 4 is 34.3 Å². The van der Waals surface area contributed by atoms with Crippen molar-refractivity contribution in [1.82, 2.24) is 25.2 Å². The van der Waals surface area contributed by atoms with Gasteiger partial charge in [-0.2, -0.15) is 9.90 Å². The minimum Gasteiger partial charge on any atom is -0.271 e. The second-order valence-electron chi connectivity index (χ2n) is 6.96. The van der Waals surface area contributed by atoms with Crippen LogP contribution in [0.2, 0.25) is 0 Å². The molecule has 1 amide bonds. The van der Waals surface area contributed by atoms with Crippen molar-refractivity contribution in [2.75, 3.05) is 0 Å². The Bertz CT molecular complexity index is 1200. The Labute approximate surface area is 181 Å². The van der Waals surface area contributed by atoms with E-state index < -0.39 is 0 Å². The molecule has 0 fully saturated rings. The van der Waals surface area contributed by atoms with E-state index in [2.05, 4.69) is 20.5 Å². The van der Waals surface area contributed by atoms with Gasteiger partial charge in [-0.25, -0.2) is 5.01 Å². The van der Waals surface area contributed by atoms with Gasteiger partial charge < -0.3 is 0 Å². The van der Waals surface area contributed by atoms with Gasteiger partial charge in [-0.1, -0.05) is 36.4 Å². The maximum atomic E-state index is 13.1. The molecule has 0 saturated carbocycles. The summed E-state index contributed by atoms with van der Waals surface area (Å²) in [6.07, 6.45) is 0.700. The van der Waals surface area contributed by atoms with Crippen LogP contribution in [0.3, 0.4) is 0 Å². The third-order valence-corrected chi connectivity index (χ3v) is 6.85. The maximum absolute atomic E-state index is 13.1. The average Bonchev–Trinajstić information content (AvgIpc) is 3.54. The van der Waals surface area contributed by atoms with Gasteiger partial charge in [0.05, 0.1) is 16.6 Å². The molecule has 4 heterocycles. The first kappa shape index (κ1) is 18.8. The van der Waals surface area contributed by atoms with Gasteiger partial charge in [0, 0.05) is 16.9 Å². The van der Waals surface area contributed by atoms with E-state index >= 15 is 0 Å². The third-order valence-electron chi connectivity index (χ3n) is 4.96. The number of aryl methyl sites for hydroxylation is 1. The SMILES string of the molecule is Cc1ccccc1-c1nnn(CC(=O)N2N=C(c3cccs3)C[C@@H]2c2cccs2)n1. The smallest absolute Gasteiger partial charge is 0.266 e. The highest BCUT2D eigenvalue weighted by atomic mass is 32.1. The number of tetrazole rings is 1. The van der Waals surface area contributed by atoms with E-state index in [0.29, 0.717) is 12.2 Å². The zero-order chi connectivity index (χ0) is 20.5. The number of hydrogen-bond donors (Lipinski definition) is 0. The fraction of sp³-hybridized carbons (Fsp3) is 0.190. The topological polar surface area (TPSA) is 76.3 Å². The summed E-state index contributed by atoms with van der Waals surface area (Å²) in [6, 6.07) is 15.8. The molecule has 4 aromatic rings. The molecule has 1 aromatic carbocycles. The standard InChI is InChI=1S/C21H18N6OS2/c1-14-6-2-3-7-15(14)21-22-25-26(24-21)13-20(28)27-17(19-9-5-11-30-19)12-16(23-27)18-8-4-10-29-18/h2-11,17H,12-13H2,1H3/t17-/m1/s1. The van der Waals surface area contributed by atoms with Crippen molar-refractivity contribution in [1.29, 1.82) is 0 Å². The number of aromatic nitrogens is 4. The van der Waals surface area contributed by atoms with E-state index in [1.807, 2.05) is 66.2 Å². The molecule has 3 aromatic heterocycles. The van der Waals surface area contributed by atoms with Gasteiger partial charge in [-0.05, 0) is 40.6 Å². The van der Waals surface area contributed by atoms with Crippen LogP contribution in [0.4, 0.5) is 0 Å². The molecule has 30 heavy (non-hydrogen) atoms. The zero-order valence-corrected chi connectivity index (χ0v) is 17.8. The molecule has 0 aliphatic carbocycles. The molecule has 150 valence electrons. The first-order chi connectivity index (χ1) is 14.7. The Morgan fingerprint density at radius 3 is 2.70 bits per heavy atom. The van der Waals surface area contributed by atoms with Crippen LogP contribution >= 0.6 is 22.7 Å². The summed E-state index contributed by atoms with van der Waals surface area (Å²) in [5, 5.41) is 22.9. The minimum atomic E-state index is -0.159. The number of amides is 1. The van der Waals surface area contributed by atoms with Crippen LogP contribution < -0.4 is 0 Å². The van der Waals surface area contributed by atoms with Crippen LogP contribution in [-0.2, 0) is 11.3 Å². The molecular weight excluding hydrogens is 416 g/mol. The molecule has 0 saturated heterocycles. The molecule has 1 atom stereocenters. The second kappa shape index (κ2) is 7.92. The van der Waals surface area contributed by atoms with Gasteiger partial charge in [0.15, 0.2) is 0 Å². The Balaban J connectivity index is 1.39. The molecule has 9 heteroatoms. The van der Waals surface area contributed by atoms with Crippen molar-refractivity contribution in [3.05, 3.63) is 74.6 Å². The number of thiophene rings is 2. The summed E-state index contributed by atoms with van der Waals surface area (Å²) in [6.45, 7) is 1.99. The number of benzene rings is 1. The van der Waals surface area contributed by atoms with Gasteiger partial charge in [-0.3, -0.25) is 4.79 Å². The summed E-state index contributed by atoms with van der Waals surface area (Å²) in [7, 11) is 0. The highest BCUT2D eigenvalue weighted by Crippen LogP contribution is 2.36. The predicted molar refractivity (Wildman–Crippen MR) is 117 cm³/mol. The van der Waals surface area contributed by atoms with Crippen LogP contribution in [0, 0.1) is 6.92 Å². The number of hydrazone groups is 1. The number of carbonyl (C=O) groups excluding carboxylic acids is 1. The van der Waals surface area contributed by atoms with Crippen LogP contribution in [-0.4, -0.2) is 36.8 Å². The predicted octanol–water partition coefficient (Wildman–Crippen LogP) is 4.15. The van der Waals surface area contributed by atoms with Crippen LogP contribution in [0.5, 0.6) is 0 Å². The zero-order valence-electron chi connectivity index (χ0n) is 16.2. The molecule has 5 rings (SSSR count). The molecule has 0 bridgehead atoms. The van der Waals surface area contributed by atoms with E-state index in [-0.39, 0.29) is 18.5 Å². The third kappa shape index (κ3) is 3.57. The first-order valence-electron chi connectivity index (χ1n) is 9.49. The van der Waals surface area contributed by atoms with Crippen LogP contribution in [0.15, 0.2) is 64.4 Å². The van der Waals surface area contributed by atoms with Crippen molar-refractivity contribution < 1.29 is 4.79 Å². The fourth-order valence-corrected chi connectivity index (χ4v) is 5.00. The fourth-order valence-electron chi connectivity index (χ4n) is 3.47. The van der Waals surface area contributed by atoms with Crippen molar-refractivity contribution in [2.24, 2.45) is 5.10 Å². The summed E-state index contributed by atoms with van der Waals surface area (Å²) in [5.74, 6) is 0.355. The molecular formula is C21H18N6OS2. The minimum absolute atomic E-state index is 0.0119. The first-order valence-corrected chi connectivity index (χ1v) is 11.3. The summed E-state index contributed by atoms with van der Waals surface area (Å²) in [5.41, 5.74) is 2.90. The van der Waals surface area contributed by atoms with Gasteiger partial charge in [0.2, 0.25) is 5.82 Å². The van der Waals surface area contributed by atoms with E-state index in [0.717, 1.165) is 26.6 Å². The Kier molecular flexibility index (Phi) is 4.97. The monoisotopic (exact) mass is 434 g/mol. The van der Waals surface area contributed by atoms with Crippen molar-refractivity contribution in [2.45, 2.75) is 25.9 Å². The normalized spacial score (nSPS) is 16.1. The highest BCUT2D eigenvalue weighted by molar-refractivity contribution is 7.12. The number of carbonyl (C=O) groups is 1. The van der Waals surface area contributed by atoms with Crippen LogP contribution in [0.1, 0.15) is 27.8 Å². The van der Waals surface area contributed by atoms with Gasteiger partial charge in [0.1, 0.15) is 6.54 Å². The van der Waals surface area contributed by atoms with Crippen molar-refractivity contribution in [3.8, 4) is 11.4 Å². The van der Waals surface area contributed by atoms with E-state index in [4.69, 9.17) is 0 Å². The lowest BCUT2D eigenvalue weighted by atomic mass is 10.1. The number of rotatable bonds is 5. The lowest BCUT2D eigenvalue weighted by molar-refractivity contribution is -0.134. The van der Waals surface area contributed by atoms with Gasteiger partial charge in [-0.15, -0.1) is 32.9 Å². The second-order valence-corrected chi connectivity index (χ2v) is 8.88. The lowest BCUT2D eigenvalue weighted by Gasteiger charge is -2.20. The summed E-state index contributed by atoms with van der Waals surface area (Å²) < 4.78 is 0. The molecule has 0 unspecified atom stereocenters. The van der Waals surface area contributed by atoms with E-state index in [9.17, 15) is 4.79 Å². The number of nitrogens with zero attached hydrogens (tertiary/aromatic N) is 6. The Hall–Kier alpha value is -3.17. The van der Waals surface area contributed by atoms with Crippen LogP contribution in [0.25, 0.3) is 11.4 Å². The molecule has 0 N–H and O–H groups in total.